The number of fused-ring (bicyclic) bond motifs is 5. The molecule has 7 rings (SSSR count). The van der Waals surface area contributed by atoms with Crippen LogP contribution in [0, 0.1) is 6.92 Å². The first-order chi connectivity index (χ1) is 20.4. The molecule has 0 aliphatic carbocycles. The van der Waals surface area contributed by atoms with Gasteiger partial charge in [-0.3, -0.25) is 0 Å². The summed E-state index contributed by atoms with van der Waals surface area (Å²) in [7, 11) is 0.569. The van der Waals surface area contributed by atoms with Crippen LogP contribution in [0.2, 0.25) is 19.6 Å². The van der Waals surface area contributed by atoms with Gasteiger partial charge in [-0.1, -0.05) is 101 Å². The van der Waals surface area contributed by atoms with Crippen molar-refractivity contribution in [2.45, 2.75) is 52.8 Å². The molecule has 0 bridgehead atoms. The molecule has 2 nitrogen and oxygen atoms in total. The summed E-state index contributed by atoms with van der Waals surface area (Å²) < 4.78 is 4.82. The van der Waals surface area contributed by atoms with Crippen LogP contribution in [0.15, 0.2) is 103 Å². The Morgan fingerprint density at radius 2 is 1.35 bits per heavy atom. The molecule has 0 aliphatic rings. The molecule has 7 aromatic rings. The fourth-order valence-electron chi connectivity index (χ4n) is 7.11. The molecule has 3 heteroatoms. The molecule has 0 fully saturated rings. The molecule has 5 aromatic carbocycles. The van der Waals surface area contributed by atoms with Crippen LogP contribution in [0.25, 0.3) is 60.3 Å². The second kappa shape index (κ2) is 9.65. The number of nitrogens with zero attached hydrogens (tertiary/aromatic N) is 2. The van der Waals surface area contributed by atoms with Crippen LogP contribution in [0.4, 0.5) is 0 Å². The van der Waals surface area contributed by atoms with Crippen molar-refractivity contribution in [1.29, 1.82) is 0 Å². The molecule has 0 saturated carbocycles. The van der Waals surface area contributed by atoms with Gasteiger partial charge in [0, 0.05) is 22.5 Å². The van der Waals surface area contributed by atoms with Gasteiger partial charge in [0.25, 0.3) is 0 Å². The van der Waals surface area contributed by atoms with Crippen LogP contribution in [0.5, 0.6) is 0 Å². The highest BCUT2D eigenvalue weighted by Gasteiger charge is 2.26. The number of para-hydroxylation sites is 2. The number of hydrogen-bond acceptors (Lipinski definition) is 0. The monoisotopic (exact) mass is 577 g/mol. The van der Waals surface area contributed by atoms with E-state index >= 15 is 0 Å². The van der Waals surface area contributed by atoms with Crippen molar-refractivity contribution in [3.8, 4) is 16.9 Å². The van der Waals surface area contributed by atoms with Gasteiger partial charge in [-0.05, 0) is 75.1 Å². The molecule has 214 valence electrons. The third-order valence-electron chi connectivity index (χ3n) is 9.26. The lowest BCUT2D eigenvalue weighted by Crippen LogP contribution is -2.38. The quantitative estimate of drug-likeness (QED) is 0.146. The van der Waals surface area contributed by atoms with Gasteiger partial charge in [-0.15, -0.1) is 0 Å². The lowest BCUT2D eigenvalue weighted by molar-refractivity contribution is -0.659. The van der Waals surface area contributed by atoms with E-state index in [0.29, 0.717) is 0 Å². The number of rotatable bonds is 3. The van der Waals surface area contributed by atoms with E-state index in [1.807, 2.05) is 0 Å². The average molecular weight is 578 g/mol. The smallest absolute Gasteiger partial charge is 0.220 e. The van der Waals surface area contributed by atoms with E-state index in [2.05, 4.69) is 167 Å². The van der Waals surface area contributed by atoms with Crippen molar-refractivity contribution in [3.63, 3.8) is 0 Å². The maximum atomic E-state index is 2.52. The normalized spacial score (nSPS) is 12.7. The molecule has 43 heavy (non-hydrogen) atoms. The average Bonchev–Trinajstić information content (AvgIpc) is 3.31. The number of hydrogen-bond donors (Lipinski definition) is 0. The van der Waals surface area contributed by atoms with Crippen LogP contribution in [0.3, 0.4) is 0 Å². The minimum Gasteiger partial charge on any atom is -0.309 e. The molecule has 0 radical (unpaired) electrons. The molecular weight excluding hydrogens is 537 g/mol. The van der Waals surface area contributed by atoms with E-state index in [9.17, 15) is 0 Å². The zero-order valence-corrected chi connectivity index (χ0v) is 27.7. The van der Waals surface area contributed by atoms with Gasteiger partial charge in [-0.2, -0.15) is 0 Å². The lowest BCUT2D eigenvalue weighted by Gasteiger charge is -2.24. The first-order valence-electron chi connectivity index (χ1n) is 15.4. The summed E-state index contributed by atoms with van der Waals surface area (Å²) in [6, 6.07) is 36.5. The fraction of sp³-hybridized carbons (Fsp3) is 0.225. The zero-order chi connectivity index (χ0) is 30.3. The summed E-state index contributed by atoms with van der Waals surface area (Å²) in [5.41, 5.74) is 9.18. The second-order valence-electron chi connectivity index (χ2n) is 14.2. The van der Waals surface area contributed by atoms with Crippen molar-refractivity contribution in [2.24, 2.45) is 7.05 Å². The van der Waals surface area contributed by atoms with Gasteiger partial charge < -0.3 is 4.57 Å². The van der Waals surface area contributed by atoms with E-state index in [1.54, 1.807) is 0 Å². The fourth-order valence-corrected chi connectivity index (χ4v) is 8.67. The molecule has 0 unspecified atom stereocenters. The molecular formula is C40H41N2Si+. The number of aryl methyl sites for hydroxylation is 2. The van der Waals surface area contributed by atoms with E-state index in [4.69, 9.17) is 0 Å². The van der Waals surface area contributed by atoms with Gasteiger partial charge in [-0.25, -0.2) is 4.57 Å². The Balaban J connectivity index is 1.53. The predicted molar refractivity (Wildman–Crippen MR) is 189 cm³/mol. The molecule has 0 N–H and O–H groups in total. The maximum Gasteiger partial charge on any atom is 0.220 e. The summed E-state index contributed by atoms with van der Waals surface area (Å²) in [5, 5.41) is 9.39. The van der Waals surface area contributed by atoms with Crippen LogP contribution in [0.1, 0.15) is 31.9 Å². The van der Waals surface area contributed by atoms with E-state index in [0.717, 1.165) is 0 Å². The van der Waals surface area contributed by atoms with Gasteiger partial charge in [0.1, 0.15) is 7.05 Å². The lowest BCUT2D eigenvalue weighted by atomic mass is 9.80. The van der Waals surface area contributed by atoms with Crippen LogP contribution < -0.4 is 9.75 Å². The molecule has 2 aromatic heterocycles. The first kappa shape index (κ1) is 27.6. The largest absolute Gasteiger partial charge is 0.309 e. The van der Waals surface area contributed by atoms with Crippen molar-refractivity contribution in [2.75, 3.05) is 0 Å². The van der Waals surface area contributed by atoms with Crippen LogP contribution in [-0.2, 0) is 12.5 Å². The molecule has 2 heterocycles. The zero-order valence-electron chi connectivity index (χ0n) is 26.7. The summed E-state index contributed by atoms with van der Waals surface area (Å²) in [5.74, 6) is 0. The van der Waals surface area contributed by atoms with Crippen LogP contribution in [-0.4, -0.2) is 12.6 Å². The highest BCUT2D eigenvalue weighted by atomic mass is 28.3. The summed E-state index contributed by atoms with van der Waals surface area (Å²) in [6.07, 6.45) is 2.23. The number of pyridine rings is 1. The van der Waals surface area contributed by atoms with Crippen molar-refractivity contribution < 1.29 is 4.57 Å². The molecule has 0 saturated heterocycles. The van der Waals surface area contributed by atoms with Crippen molar-refractivity contribution in [1.82, 2.24) is 4.57 Å². The Hall–Kier alpha value is -4.21. The van der Waals surface area contributed by atoms with E-state index in [1.165, 1.54) is 76.6 Å². The maximum absolute atomic E-state index is 2.52. The highest BCUT2D eigenvalue weighted by Crippen LogP contribution is 2.39. The number of benzene rings is 5. The SMILES string of the molecule is Cc1c(-c2c3ccc(-n4c5ccccc5c5cccc([Si](C)(C)C)c54)cc3cc[n+]2C)cc(C(C)(C)C)c2ccccc12. The number of aromatic nitrogens is 2. The summed E-state index contributed by atoms with van der Waals surface area (Å²) >= 11 is 0. The third-order valence-corrected chi connectivity index (χ3v) is 11.3. The van der Waals surface area contributed by atoms with E-state index in [-0.39, 0.29) is 5.41 Å². The Morgan fingerprint density at radius 1 is 0.674 bits per heavy atom. The van der Waals surface area contributed by atoms with Gasteiger partial charge in [0.2, 0.25) is 5.69 Å². The minimum absolute atomic E-state index is 0.0307. The first-order valence-corrected chi connectivity index (χ1v) is 18.9. The Kier molecular flexibility index (Phi) is 6.20. The van der Waals surface area contributed by atoms with Crippen LogP contribution >= 0.6 is 0 Å². The Morgan fingerprint density at radius 3 is 2.07 bits per heavy atom. The van der Waals surface area contributed by atoms with Gasteiger partial charge >= 0.3 is 0 Å². The third kappa shape index (κ3) is 4.32. The highest BCUT2D eigenvalue weighted by molar-refractivity contribution is 6.90. The van der Waals surface area contributed by atoms with Gasteiger partial charge in [0.05, 0.1) is 30.1 Å². The topological polar surface area (TPSA) is 8.81 Å². The standard InChI is InChI=1S/C40H41N2Si/c1-26-29-14-9-10-15-31(29)35(40(2,3)4)25-34(26)38-30-21-20-28(24-27(30)22-23-41(38)5)42-36-18-12-11-16-32(36)33-17-13-19-37(39(33)42)43(6,7)8/h9-25H,1-8H3/q+1. The van der Waals surface area contributed by atoms with Crippen molar-refractivity contribution in [3.05, 3.63) is 114 Å². The molecule has 0 amide bonds. The summed E-state index contributed by atoms with van der Waals surface area (Å²) in [6.45, 7) is 16.6. The van der Waals surface area contributed by atoms with Gasteiger partial charge in [0.15, 0.2) is 6.20 Å². The molecule has 0 atom stereocenters. The predicted octanol–water partition coefficient (Wildman–Crippen LogP) is 9.73. The summed E-state index contributed by atoms with van der Waals surface area (Å²) in [4.78, 5) is 0. The Labute approximate surface area is 256 Å². The molecule has 0 spiro atoms. The molecule has 0 aliphatic heterocycles. The minimum atomic E-state index is -1.61. The van der Waals surface area contributed by atoms with E-state index < -0.39 is 8.07 Å². The van der Waals surface area contributed by atoms with Crippen molar-refractivity contribution >= 4 is 56.6 Å². The second-order valence-corrected chi connectivity index (χ2v) is 19.3. The Bertz CT molecular complexity index is 2220.